The number of nitrogens with one attached hydrogen (secondary N) is 1. The molecular weight excluding hydrogens is 323 g/mol. The van der Waals surface area contributed by atoms with Crippen molar-refractivity contribution in [1.29, 1.82) is 0 Å². The second-order valence-electron chi connectivity index (χ2n) is 5.60. The van der Waals surface area contributed by atoms with E-state index in [9.17, 15) is 14.0 Å². The van der Waals surface area contributed by atoms with Crippen molar-refractivity contribution in [3.63, 3.8) is 0 Å². The van der Waals surface area contributed by atoms with E-state index >= 15 is 0 Å². The van der Waals surface area contributed by atoms with Gasteiger partial charge in [-0.1, -0.05) is 0 Å². The first-order chi connectivity index (χ1) is 12.0. The average Bonchev–Trinajstić information content (AvgIpc) is 3.06. The highest BCUT2D eigenvalue weighted by atomic mass is 19.1. The van der Waals surface area contributed by atoms with E-state index in [1.165, 1.54) is 35.0 Å². The Kier molecular flexibility index (Phi) is 4.74. The van der Waals surface area contributed by atoms with Gasteiger partial charge in [-0.25, -0.2) is 9.07 Å². The molecule has 0 spiro atoms. The van der Waals surface area contributed by atoms with Crippen LogP contribution < -0.4 is 10.9 Å². The molecule has 1 aromatic carbocycles. The van der Waals surface area contributed by atoms with Crippen LogP contribution in [0.15, 0.2) is 59.7 Å². The normalized spacial score (nSPS) is 10.6. The number of hydrogen-bond acceptors (Lipinski definition) is 3. The highest BCUT2D eigenvalue weighted by Crippen LogP contribution is 2.09. The van der Waals surface area contributed by atoms with Crippen molar-refractivity contribution >= 4 is 5.91 Å². The lowest BCUT2D eigenvalue weighted by Gasteiger charge is -2.05. The van der Waals surface area contributed by atoms with Crippen LogP contribution in [-0.4, -0.2) is 26.8 Å². The molecule has 3 aromatic rings. The van der Waals surface area contributed by atoms with Crippen LogP contribution >= 0.6 is 0 Å². The summed E-state index contributed by atoms with van der Waals surface area (Å²) in [5, 5.41) is 7.20. The summed E-state index contributed by atoms with van der Waals surface area (Å²) in [6.07, 6.45) is 3.85. The predicted octanol–water partition coefficient (Wildman–Crippen LogP) is 1.68. The molecular formula is C18H17FN4O2. The molecule has 0 aliphatic heterocycles. The second kappa shape index (κ2) is 7.12. The van der Waals surface area contributed by atoms with Crippen LogP contribution in [0, 0.1) is 5.82 Å². The average molecular weight is 340 g/mol. The summed E-state index contributed by atoms with van der Waals surface area (Å²) in [6.45, 7) is 0.419. The van der Waals surface area contributed by atoms with Gasteiger partial charge in [-0.2, -0.15) is 5.10 Å². The van der Waals surface area contributed by atoms with E-state index in [0.29, 0.717) is 18.5 Å². The smallest absolute Gasteiger partial charge is 0.252 e. The van der Waals surface area contributed by atoms with Crippen LogP contribution in [0.25, 0.3) is 5.69 Å². The summed E-state index contributed by atoms with van der Waals surface area (Å²) in [5.74, 6) is -0.536. The maximum Gasteiger partial charge on any atom is 0.252 e. The molecule has 2 heterocycles. The van der Waals surface area contributed by atoms with Crippen LogP contribution in [0.1, 0.15) is 16.1 Å². The minimum atomic E-state index is -0.294. The molecule has 1 N–H and O–H groups in total. The molecule has 0 aliphatic rings. The molecule has 7 heteroatoms. The van der Waals surface area contributed by atoms with Gasteiger partial charge in [0.15, 0.2) is 0 Å². The van der Waals surface area contributed by atoms with Gasteiger partial charge in [-0.15, -0.1) is 0 Å². The van der Waals surface area contributed by atoms with Crippen molar-refractivity contribution in [2.75, 3.05) is 6.54 Å². The fourth-order valence-electron chi connectivity index (χ4n) is 2.37. The Bertz CT molecular complexity index is 944. The molecule has 0 atom stereocenters. The Labute approximate surface area is 143 Å². The molecule has 0 unspecified atom stereocenters. The number of carbonyl (C=O) groups excluding carboxylic acids is 1. The minimum absolute atomic E-state index is 0.164. The molecule has 128 valence electrons. The number of rotatable bonds is 5. The van der Waals surface area contributed by atoms with Gasteiger partial charge >= 0.3 is 0 Å². The van der Waals surface area contributed by atoms with Gasteiger partial charge in [0.05, 0.1) is 16.9 Å². The highest BCUT2D eigenvalue weighted by Gasteiger charge is 2.07. The number of aryl methyl sites for hydroxylation is 1. The Balaban J connectivity index is 1.57. The largest absolute Gasteiger partial charge is 0.352 e. The maximum absolute atomic E-state index is 12.9. The van der Waals surface area contributed by atoms with Gasteiger partial charge in [0, 0.05) is 38.5 Å². The molecule has 0 bridgehead atoms. The second-order valence-corrected chi connectivity index (χ2v) is 5.60. The third-order valence-corrected chi connectivity index (χ3v) is 3.75. The fourth-order valence-corrected chi connectivity index (χ4v) is 2.37. The SMILES string of the molecule is Cn1cc(C(=O)NCCc2ccn(-c3ccc(F)cc3)n2)ccc1=O. The van der Waals surface area contributed by atoms with Crippen molar-refractivity contribution < 1.29 is 9.18 Å². The van der Waals surface area contributed by atoms with Gasteiger partial charge in [0.1, 0.15) is 5.82 Å². The van der Waals surface area contributed by atoms with Gasteiger partial charge in [0.2, 0.25) is 5.56 Å². The quantitative estimate of drug-likeness (QED) is 0.768. The molecule has 3 rings (SSSR count). The van der Waals surface area contributed by atoms with E-state index in [2.05, 4.69) is 10.4 Å². The van der Waals surface area contributed by atoms with E-state index in [0.717, 1.165) is 11.4 Å². The molecule has 6 nitrogen and oxygen atoms in total. The standard InChI is InChI=1S/C18H17FN4O2/c1-22-12-13(2-7-17(22)24)18(25)20-10-8-15-9-11-23(21-15)16-5-3-14(19)4-6-16/h2-7,9,11-12H,8,10H2,1H3,(H,20,25). The van der Waals surface area contributed by atoms with E-state index < -0.39 is 0 Å². The van der Waals surface area contributed by atoms with Crippen molar-refractivity contribution in [2.45, 2.75) is 6.42 Å². The van der Waals surface area contributed by atoms with Crippen LogP contribution in [-0.2, 0) is 13.5 Å². The van der Waals surface area contributed by atoms with Gasteiger partial charge in [0.25, 0.3) is 5.91 Å². The lowest BCUT2D eigenvalue weighted by Crippen LogP contribution is -2.27. The predicted molar refractivity (Wildman–Crippen MR) is 91.2 cm³/mol. The maximum atomic E-state index is 12.9. The Morgan fingerprint density at radius 1 is 1.16 bits per heavy atom. The van der Waals surface area contributed by atoms with E-state index in [1.807, 2.05) is 6.07 Å². The molecule has 0 aliphatic carbocycles. The van der Waals surface area contributed by atoms with E-state index in [4.69, 9.17) is 0 Å². The summed E-state index contributed by atoms with van der Waals surface area (Å²) >= 11 is 0. The van der Waals surface area contributed by atoms with Crippen molar-refractivity contribution in [3.8, 4) is 5.69 Å². The van der Waals surface area contributed by atoms with Gasteiger partial charge < -0.3 is 9.88 Å². The minimum Gasteiger partial charge on any atom is -0.352 e. The van der Waals surface area contributed by atoms with Crippen LogP contribution in [0.4, 0.5) is 4.39 Å². The Morgan fingerprint density at radius 2 is 1.92 bits per heavy atom. The summed E-state index contributed by atoms with van der Waals surface area (Å²) < 4.78 is 16.0. The lowest BCUT2D eigenvalue weighted by atomic mass is 10.2. The molecule has 0 fully saturated rings. The molecule has 1 amide bonds. The first-order valence-electron chi connectivity index (χ1n) is 7.78. The number of carbonyl (C=O) groups is 1. The Morgan fingerprint density at radius 3 is 2.64 bits per heavy atom. The number of halogens is 1. The summed E-state index contributed by atoms with van der Waals surface area (Å²) in [6, 6.07) is 10.8. The number of aromatic nitrogens is 3. The monoisotopic (exact) mass is 340 g/mol. The van der Waals surface area contributed by atoms with Gasteiger partial charge in [-0.05, 0) is 36.4 Å². The van der Waals surface area contributed by atoms with Gasteiger partial charge in [-0.3, -0.25) is 9.59 Å². The first kappa shape index (κ1) is 16.6. The number of benzene rings is 1. The summed E-state index contributed by atoms with van der Waals surface area (Å²) in [5.41, 5.74) is 1.84. The number of amides is 1. The lowest BCUT2D eigenvalue weighted by molar-refractivity contribution is 0.0953. The third kappa shape index (κ3) is 4.00. The van der Waals surface area contributed by atoms with Crippen LogP contribution in [0.2, 0.25) is 0 Å². The molecule has 25 heavy (non-hydrogen) atoms. The zero-order valence-electron chi connectivity index (χ0n) is 13.6. The van der Waals surface area contributed by atoms with Crippen molar-refractivity contribution in [1.82, 2.24) is 19.7 Å². The number of nitrogens with zero attached hydrogens (tertiary/aromatic N) is 3. The molecule has 0 saturated carbocycles. The van der Waals surface area contributed by atoms with E-state index in [-0.39, 0.29) is 17.3 Å². The molecule has 0 saturated heterocycles. The van der Waals surface area contributed by atoms with Crippen molar-refractivity contribution in [2.24, 2.45) is 7.05 Å². The molecule has 0 radical (unpaired) electrons. The zero-order valence-corrected chi connectivity index (χ0v) is 13.6. The number of hydrogen-bond donors (Lipinski definition) is 1. The third-order valence-electron chi connectivity index (χ3n) is 3.75. The molecule has 2 aromatic heterocycles. The first-order valence-corrected chi connectivity index (χ1v) is 7.78. The van der Waals surface area contributed by atoms with E-state index in [1.54, 1.807) is 30.1 Å². The van der Waals surface area contributed by atoms with Crippen LogP contribution in [0.3, 0.4) is 0 Å². The topological polar surface area (TPSA) is 68.9 Å². The fraction of sp³-hybridized carbons (Fsp3) is 0.167. The Hall–Kier alpha value is -3.22. The zero-order chi connectivity index (χ0) is 17.8. The summed E-state index contributed by atoms with van der Waals surface area (Å²) in [7, 11) is 1.60. The number of pyridine rings is 1. The highest BCUT2D eigenvalue weighted by molar-refractivity contribution is 5.93. The van der Waals surface area contributed by atoms with Crippen LogP contribution in [0.5, 0.6) is 0 Å². The van der Waals surface area contributed by atoms with Crippen molar-refractivity contribution in [3.05, 3.63) is 82.3 Å². The summed E-state index contributed by atoms with van der Waals surface area (Å²) in [4.78, 5) is 23.4.